The Bertz CT molecular complexity index is 1140. The predicted octanol–water partition coefficient (Wildman–Crippen LogP) is 6.05. The van der Waals surface area contributed by atoms with Crippen molar-refractivity contribution in [3.05, 3.63) is 92.6 Å². The SMILES string of the molecule is CCOc1cc(/C=N/NC(=O)c2ccccc2C(F)(F)F)cc(I)c1OCc1ccccc1. The van der Waals surface area contributed by atoms with Crippen molar-refractivity contribution in [2.45, 2.75) is 19.7 Å². The van der Waals surface area contributed by atoms with Gasteiger partial charge in [-0.1, -0.05) is 42.5 Å². The molecule has 5 nitrogen and oxygen atoms in total. The molecule has 3 aromatic rings. The zero-order valence-corrected chi connectivity index (χ0v) is 19.7. The summed E-state index contributed by atoms with van der Waals surface area (Å²) in [6.45, 7) is 2.61. The van der Waals surface area contributed by atoms with Crippen LogP contribution in [0.3, 0.4) is 0 Å². The summed E-state index contributed by atoms with van der Waals surface area (Å²) in [4.78, 5) is 12.2. The minimum absolute atomic E-state index is 0.360. The van der Waals surface area contributed by atoms with Crippen LogP contribution in [-0.2, 0) is 12.8 Å². The first-order chi connectivity index (χ1) is 15.8. The normalized spacial score (nSPS) is 11.4. The Balaban J connectivity index is 1.75. The van der Waals surface area contributed by atoms with Crippen molar-refractivity contribution in [3.63, 3.8) is 0 Å². The molecular weight excluding hydrogens is 548 g/mol. The first-order valence-electron chi connectivity index (χ1n) is 9.92. The highest BCUT2D eigenvalue weighted by atomic mass is 127. The molecule has 0 bridgehead atoms. The van der Waals surface area contributed by atoms with Gasteiger partial charge in [-0.15, -0.1) is 0 Å². The average Bonchev–Trinajstić information content (AvgIpc) is 2.79. The summed E-state index contributed by atoms with van der Waals surface area (Å²) in [5.41, 5.74) is 2.21. The number of nitrogens with zero attached hydrogens (tertiary/aromatic N) is 1. The first-order valence-corrected chi connectivity index (χ1v) is 11.0. The third-order valence-corrected chi connectivity index (χ3v) is 5.22. The van der Waals surface area contributed by atoms with Gasteiger partial charge in [0.05, 0.1) is 27.5 Å². The molecule has 0 radical (unpaired) electrons. The minimum atomic E-state index is -4.64. The van der Waals surface area contributed by atoms with Gasteiger partial charge in [0.2, 0.25) is 0 Å². The maximum Gasteiger partial charge on any atom is 0.417 e. The predicted molar refractivity (Wildman–Crippen MR) is 128 cm³/mol. The lowest BCUT2D eigenvalue weighted by Crippen LogP contribution is -2.22. The molecule has 0 unspecified atom stereocenters. The van der Waals surface area contributed by atoms with Gasteiger partial charge in [0.15, 0.2) is 11.5 Å². The van der Waals surface area contributed by atoms with Gasteiger partial charge in [-0.2, -0.15) is 18.3 Å². The van der Waals surface area contributed by atoms with Gasteiger partial charge in [-0.05, 0) is 64.9 Å². The molecule has 0 heterocycles. The molecular formula is C24H20F3IN2O3. The second-order valence-electron chi connectivity index (χ2n) is 6.78. The van der Waals surface area contributed by atoms with Crippen molar-refractivity contribution in [1.82, 2.24) is 5.43 Å². The topological polar surface area (TPSA) is 59.9 Å². The molecule has 1 amide bonds. The highest BCUT2D eigenvalue weighted by molar-refractivity contribution is 14.1. The van der Waals surface area contributed by atoms with E-state index in [2.05, 4.69) is 33.1 Å². The lowest BCUT2D eigenvalue weighted by atomic mass is 10.1. The van der Waals surface area contributed by atoms with E-state index in [0.717, 1.165) is 21.3 Å². The van der Waals surface area contributed by atoms with Crippen LogP contribution < -0.4 is 14.9 Å². The van der Waals surface area contributed by atoms with Crippen LogP contribution in [0.2, 0.25) is 0 Å². The molecule has 0 saturated carbocycles. The van der Waals surface area contributed by atoms with Crippen molar-refractivity contribution in [1.29, 1.82) is 0 Å². The molecule has 0 atom stereocenters. The molecule has 0 aliphatic heterocycles. The van der Waals surface area contributed by atoms with E-state index in [1.54, 1.807) is 12.1 Å². The van der Waals surface area contributed by atoms with Crippen LogP contribution in [0.4, 0.5) is 13.2 Å². The molecule has 0 fully saturated rings. The number of halogens is 4. The Morgan fingerprint density at radius 2 is 1.76 bits per heavy atom. The molecule has 0 aliphatic carbocycles. The molecule has 0 spiro atoms. The number of benzene rings is 3. The Morgan fingerprint density at radius 1 is 1.06 bits per heavy atom. The standard InChI is InChI=1S/C24H20F3IN2O3/c1-2-32-21-13-17(12-20(28)22(21)33-15-16-8-4-3-5-9-16)14-29-30-23(31)18-10-6-7-11-19(18)24(25,26)27/h3-14H,2,15H2,1H3,(H,30,31)/b29-14+. The molecule has 3 rings (SSSR count). The van der Waals surface area contributed by atoms with Gasteiger partial charge < -0.3 is 9.47 Å². The van der Waals surface area contributed by atoms with Gasteiger partial charge in [0.1, 0.15) is 6.61 Å². The highest BCUT2D eigenvalue weighted by Gasteiger charge is 2.34. The smallest absolute Gasteiger partial charge is 0.417 e. The van der Waals surface area contributed by atoms with Crippen molar-refractivity contribution >= 4 is 34.7 Å². The van der Waals surface area contributed by atoms with Gasteiger partial charge in [-0.25, -0.2) is 5.43 Å². The molecule has 1 N–H and O–H groups in total. The number of rotatable bonds is 8. The molecule has 0 aromatic heterocycles. The molecule has 9 heteroatoms. The van der Waals surface area contributed by atoms with Crippen LogP contribution in [0, 0.1) is 3.57 Å². The van der Waals surface area contributed by atoms with Crippen LogP contribution in [0.5, 0.6) is 11.5 Å². The zero-order chi connectivity index (χ0) is 23.8. The number of hydrogen-bond donors (Lipinski definition) is 1. The van der Waals surface area contributed by atoms with Crippen LogP contribution >= 0.6 is 22.6 Å². The number of hydrogen-bond acceptors (Lipinski definition) is 4. The molecule has 172 valence electrons. The third-order valence-electron chi connectivity index (χ3n) is 4.41. The summed E-state index contributed by atoms with van der Waals surface area (Å²) in [6, 6.07) is 17.7. The second-order valence-corrected chi connectivity index (χ2v) is 7.94. The van der Waals surface area contributed by atoms with Crippen LogP contribution in [0.15, 0.2) is 71.8 Å². The minimum Gasteiger partial charge on any atom is -0.490 e. The number of carbonyl (C=O) groups excluding carboxylic acids is 1. The fraction of sp³-hybridized carbons (Fsp3) is 0.167. The van der Waals surface area contributed by atoms with Crippen LogP contribution in [-0.4, -0.2) is 18.7 Å². The number of hydrazone groups is 1. The van der Waals surface area contributed by atoms with Gasteiger partial charge in [0.25, 0.3) is 5.91 Å². The van der Waals surface area contributed by atoms with Crippen LogP contribution in [0.25, 0.3) is 0 Å². The molecule has 33 heavy (non-hydrogen) atoms. The fourth-order valence-electron chi connectivity index (χ4n) is 2.95. The van der Waals surface area contributed by atoms with Gasteiger partial charge >= 0.3 is 6.18 Å². The molecule has 0 saturated heterocycles. The number of amides is 1. The van der Waals surface area contributed by atoms with Crippen molar-refractivity contribution < 1.29 is 27.4 Å². The number of nitrogens with one attached hydrogen (secondary N) is 1. The molecule has 0 aliphatic rings. The third kappa shape index (κ3) is 6.70. The second kappa shape index (κ2) is 11.2. The van der Waals surface area contributed by atoms with Gasteiger partial charge in [-0.3, -0.25) is 4.79 Å². The number of ether oxygens (including phenoxy) is 2. The Hall–Kier alpha value is -3.08. The summed E-state index contributed by atoms with van der Waals surface area (Å²) in [5, 5.41) is 3.82. The fourth-order valence-corrected chi connectivity index (χ4v) is 3.73. The maximum absolute atomic E-state index is 13.1. The van der Waals surface area contributed by atoms with E-state index in [9.17, 15) is 18.0 Å². The quantitative estimate of drug-likeness (QED) is 0.205. The largest absolute Gasteiger partial charge is 0.490 e. The maximum atomic E-state index is 13.1. The Kier molecular flexibility index (Phi) is 8.32. The zero-order valence-electron chi connectivity index (χ0n) is 17.5. The van der Waals surface area contributed by atoms with Crippen LogP contribution in [0.1, 0.15) is 34.0 Å². The summed E-state index contributed by atoms with van der Waals surface area (Å²) in [5.74, 6) is 0.110. The Morgan fingerprint density at radius 3 is 2.45 bits per heavy atom. The Labute approximate surface area is 202 Å². The monoisotopic (exact) mass is 568 g/mol. The van der Waals surface area contributed by atoms with E-state index in [1.807, 2.05) is 37.3 Å². The van der Waals surface area contributed by atoms with Crippen molar-refractivity contribution in [2.75, 3.05) is 6.61 Å². The van der Waals surface area contributed by atoms with Crippen molar-refractivity contribution in [2.24, 2.45) is 5.10 Å². The van der Waals surface area contributed by atoms with E-state index in [0.29, 0.717) is 30.3 Å². The lowest BCUT2D eigenvalue weighted by Gasteiger charge is -2.15. The highest BCUT2D eigenvalue weighted by Crippen LogP contribution is 2.35. The van der Waals surface area contributed by atoms with E-state index >= 15 is 0 Å². The van der Waals surface area contributed by atoms with Crippen molar-refractivity contribution in [3.8, 4) is 11.5 Å². The summed E-state index contributed by atoms with van der Waals surface area (Å²) in [7, 11) is 0. The summed E-state index contributed by atoms with van der Waals surface area (Å²) >= 11 is 2.10. The van der Waals surface area contributed by atoms with E-state index in [1.165, 1.54) is 18.3 Å². The van der Waals surface area contributed by atoms with E-state index in [-0.39, 0.29) is 0 Å². The van der Waals surface area contributed by atoms with E-state index in [4.69, 9.17) is 9.47 Å². The average molecular weight is 568 g/mol. The molecule has 3 aromatic carbocycles. The first kappa shape index (κ1) is 24.6. The lowest BCUT2D eigenvalue weighted by molar-refractivity contribution is -0.137. The summed E-state index contributed by atoms with van der Waals surface area (Å²) in [6.07, 6.45) is -3.31. The summed E-state index contributed by atoms with van der Waals surface area (Å²) < 4.78 is 51.8. The van der Waals surface area contributed by atoms with Gasteiger partial charge in [0, 0.05) is 0 Å². The number of carbonyl (C=O) groups is 1. The van der Waals surface area contributed by atoms with E-state index < -0.39 is 23.2 Å². The number of alkyl halides is 3.